The van der Waals surface area contributed by atoms with Crippen LogP contribution in [0.25, 0.3) is 0 Å². The Morgan fingerprint density at radius 2 is 2.13 bits per heavy atom. The van der Waals surface area contributed by atoms with Crippen molar-refractivity contribution < 1.29 is 5.11 Å². The van der Waals surface area contributed by atoms with Crippen LogP contribution in [0.3, 0.4) is 0 Å². The van der Waals surface area contributed by atoms with Crippen LogP contribution in [0, 0.1) is 13.8 Å². The van der Waals surface area contributed by atoms with Crippen LogP contribution < -0.4 is 5.32 Å². The van der Waals surface area contributed by atoms with Crippen LogP contribution in [0.2, 0.25) is 0 Å². The van der Waals surface area contributed by atoms with Gasteiger partial charge in [-0.15, -0.1) is 0 Å². The summed E-state index contributed by atoms with van der Waals surface area (Å²) in [5.74, 6) is 2.06. The molecule has 2 aromatic heterocycles. The second-order valence-electron chi connectivity index (χ2n) is 6.19. The van der Waals surface area contributed by atoms with Crippen molar-refractivity contribution in [2.45, 2.75) is 65.7 Å². The van der Waals surface area contributed by atoms with Crippen molar-refractivity contribution in [3.8, 4) is 0 Å². The van der Waals surface area contributed by atoms with E-state index in [1.54, 1.807) is 0 Å². The number of rotatable bonds is 6. The van der Waals surface area contributed by atoms with E-state index < -0.39 is 0 Å². The van der Waals surface area contributed by atoms with Crippen molar-refractivity contribution in [3.05, 3.63) is 28.6 Å². The van der Waals surface area contributed by atoms with Gasteiger partial charge < -0.3 is 10.4 Å². The molecule has 0 amide bonds. The van der Waals surface area contributed by atoms with Gasteiger partial charge in [-0.1, -0.05) is 6.92 Å². The smallest absolute Gasteiger partial charge is 0.150 e. The lowest BCUT2D eigenvalue weighted by Crippen LogP contribution is -2.37. The van der Waals surface area contributed by atoms with Gasteiger partial charge in [-0.2, -0.15) is 10.2 Å². The molecule has 7 heteroatoms. The van der Waals surface area contributed by atoms with Gasteiger partial charge in [0.1, 0.15) is 5.82 Å². The van der Waals surface area contributed by atoms with Gasteiger partial charge in [0.15, 0.2) is 5.82 Å². The quantitative estimate of drug-likeness (QED) is 0.821. The number of aromatic nitrogens is 5. The molecule has 2 aromatic rings. The minimum absolute atomic E-state index is 0.117. The fourth-order valence-electron chi connectivity index (χ4n) is 3.23. The summed E-state index contributed by atoms with van der Waals surface area (Å²) >= 11 is 0. The summed E-state index contributed by atoms with van der Waals surface area (Å²) in [5.41, 5.74) is 3.40. The zero-order chi connectivity index (χ0) is 16.4. The molecule has 0 bridgehead atoms. The summed E-state index contributed by atoms with van der Waals surface area (Å²) in [6.07, 6.45) is 2.96. The molecule has 23 heavy (non-hydrogen) atoms. The third-order valence-electron chi connectivity index (χ3n) is 4.63. The van der Waals surface area contributed by atoms with E-state index in [-0.39, 0.29) is 6.61 Å². The Balaban J connectivity index is 1.63. The second-order valence-corrected chi connectivity index (χ2v) is 6.19. The van der Waals surface area contributed by atoms with Crippen molar-refractivity contribution in [2.24, 2.45) is 0 Å². The van der Waals surface area contributed by atoms with E-state index in [1.165, 1.54) is 5.56 Å². The Bertz CT molecular complexity index is 674. The summed E-state index contributed by atoms with van der Waals surface area (Å²) in [6, 6.07) is 0.411. The molecule has 2 N–H and O–H groups in total. The van der Waals surface area contributed by atoms with Gasteiger partial charge >= 0.3 is 0 Å². The first kappa shape index (κ1) is 16.1. The Morgan fingerprint density at radius 3 is 2.87 bits per heavy atom. The van der Waals surface area contributed by atoms with Crippen molar-refractivity contribution in [3.63, 3.8) is 0 Å². The summed E-state index contributed by atoms with van der Waals surface area (Å²) in [7, 11) is 0. The van der Waals surface area contributed by atoms with E-state index in [0.717, 1.165) is 55.4 Å². The maximum Gasteiger partial charge on any atom is 0.150 e. The lowest BCUT2D eigenvalue weighted by molar-refractivity contribution is 0.267. The van der Waals surface area contributed by atoms with E-state index in [2.05, 4.69) is 39.0 Å². The number of fused-ring (bicyclic) bond motifs is 1. The molecular weight excluding hydrogens is 292 g/mol. The molecule has 1 unspecified atom stereocenters. The maximum absolute atomic E-state index is 9.10. The van der Waals surface area contributed by atoms with Gasteiger partial charge in [-0.25, -0.2) is 9.67 Å². The fourth-order valence-corrected chi connectivity index (χ4v) is 3.23. The van der Waals surface area contributed by atoms with Gasteiger partial charge in [0.2, 0.25) is 0 Å². The van der Waals surface area contributed by atoms with E-state index >= 15 is 0 Å². The molecule has 0 fully saturated rings. The van der Waals surface area contributed by atoms with Gasteiger partial charge in [-0.3, -0.25) is 4.68 Å². The SMILES string of the molecule is CCc1nc2n(n1)CC(NCc1c(C)nn(CCO)c1C)CC2. The predicted molar refractivity (Wildman–Crippen MR) is 87.1 cm³/mol. The van der Waals surface area contributed by atoms with Crippen molar-refractivity contribution in [2.75, 3.05) is 6.61 Å². The van der Waals surface area contributed by atoms with Crippen molar-refractivity contribution >= 4 is 0 Å². The number of aryl methyl sites for hydroxylation is 3. The van der Waals surface area contributed by atoms with Gasteiger partial charge in [-0.05, 0) is 20.3 Å². The highest BCUT2D eigenvalue weighted by molar-refractivity contribution is 5.24. The first-order valence-corrected chi connectivity index (χ1v) is 8.42. The fraction of sp³-hybridized carbons (Fsp3) is 0.688. The van der Waals surface area contributed by atoms with Gasteiger partial charge in [0.05, 0.1) is 25.4 Å². The maximum atomic E-state index is 9.10. The van der Waals surface area contributed by atoms with Crippen LogP contribution in [0.4, 0.5) is 0 Å². The zero-order valence-electron chi connectivity index (χ0n) is 14.2. The monoisotopic (exact) mass is 318 g/mol. The molecule has 0 spiro atoms. The van der Waals surface area contributed by atoms with Crippen LogP contribution in [0.1, 0.15) is 41.9 Å². The van der Waals surface area contributed by atoms with E-state index in [0.29, 0.717) is 12.6 Å². The normalized spacial score (nSPS) is 17.5. The van der Waals surface area contributed by atoms with E-state index in [1.807, 2.05) is 11.6 Å². The molecule has 0 radical (unpaired) electrons. The molecule has 126 valence electrons. The average molecular weight is 318 g/mol. The number of nitrogens with zero attached hydrogens (tertiary/aromatic N) is 5. The topological polar surface area (TPSA) is 80.8 Å². The first-order chi connectivity index (χ1) is 11.1. The first-order valence-electron chi connectivity index (χ1n) is 8.42. The molecule has 0 aromatic carbocycles. The van der Waals surface area contributed by atoms with Gasteiger partial charge in [0.25, 0.3) is 0 Å². The lowest BCUT2D eigenvalue weighted by Gasteiger charge is -2.23. The van der Waals surface area contributed by atoms with Crippen molar-refractivity contribution in [1.82, 2.24) is 29.9 Å². The second kappa shape index (κ2) is 6.80. The van der Waals surface area contributed by atoms with Crippen molar-refractivity contribution in [1.29, 1.82) is 0 Å². The predicted octanol–water partition coefficient (Wildman–Crippen LogP) is 0.751. The Morgan fingerprint density at radius 1 is 1.30 bits per heavy atom. The Kier molecular flexibility index (Phi) is 4.77. The summed E-state index contributed by atoms with van der Waals surface area (Å²) in [5, 5.41) is 21.8. The standard InChI is InChI=1S/C16H26N6O/c1-4-15-18-16-6-5-13(10-22(16)20-15)17-9-14-11(2)19-21(7-8-23)12(14)3/h13,17,23H,4-10H2,1-3H3. The molecule has 0 saturated heterocycles. The molecular formula is C16H26N6O. The number of aliphatic hydroxyl groups is 1. The molecule has 0 saturated carbocycles. The van der Waals surface area contributed by atoms with E-state index in [4.69, 9.17) is 5.11 Å². The summed E-state index contributed by atoms with van der Waals surface area (Å²) in [6.45, 7) is 8.54. The number of hydrogen-bond donors (Lipinski definition) is 2. The highest BCUT2D eigenvalue weighted by Crippen LogP contribution is 2.16. The number of hydrogen-bond acceptors (Lipinski definition) is 5. The molecule has 1 aliphatic heterocycles. The van der Waals surface area contributed by atoms with Crippen LogP contribution in [-0.4, -0.2) is 42.3 Å². The van der Waals surface area contributed by atoms with Gasteiger partial charge in [0, 0.05) is 36.7 Å². The minimum Gasteiger partial charge on any atom is -0.394 e. The Hall–Kier alpha value is -1.73. The van der Waals surface area contributed by atoms with Crippen LogP contribution in [-0.2, 0) is 32.5 Å². The summed E-state index contributed by atoms with van der Waals surface area (Å²) in [4.78, 5) is 4.56. The molecule has 1 aliphatic rings. The number of nitrogens with one attached hydrogen (secondary N) is 1. The van der Waals surface area contributed by atoms with Crippen LogP contribution >= 0.6 is 0 Å². The highest BCUT2D eigenvalue weighted by atomic mass is 16.3. The highest BCUT2D eigenvalue weighted by Gasteiger charge is 2.21. The number of aliphatic hydroxyl groups excluding tert-OH is 1. The average Bonchev–Trinajstić information content (AvgIpc) is 3.07. The molecule has 3 rings (SSSR count). The molecule has 3 heterocycles. The largest absolute Gasteiger partial charge is 0.394 e. The molecule has 0 aliphatic carbocycles. The van der Waals surface area contributed by atoms with Crippen LogP contribution in [0.5, 0.6) is 0 Å². The summed E-state index contributed by atoms with van der Waals surface area (Å²) < 4.78 is 3.94. The van der Waals surface area contributed by atoms with Crippen LogP contribution in [0.15, 0.2) is 0 Å². The third kappa shape index (κ3) is 3.30. The zero-order valence-corrected chi connectivity index (χ0v) is 14.2. The lowest BCUT2D eigenvalue weighted by atomic mass is 10.1. The molecule has 7 nitrogen and oxygen atoms in total. The molecule has 1 atom stereocenters. The third-order valence-corrected chi connectivity index (χ3v) is 4.63. The van der Waals surface area contributed by atoms with E-state index in [9.17, 15) is 0 Å². The minimum atomic E-state index is 0.117. The Labute approximate surface area is 136 Å².